The molecule has 0 spiro atoms. The summed E-state index contributed by atoms with van der Waals surface area (Å²) in [5, 5.41) is 12.7. The number of hydrogen-bond acceptors (Lipinski definition) is 3. The van der Waals surface area contributed by atoms with Gasteiger partial charge < -0.3 is 15.0 Å². The third-order valence-corrected chi connectivity index (χ3v) is 4.32. The summed E-state index contributed by atoms with van der Waals surface area (Å²) < 4.78 is 53.6. The third kappa shape index (κ3) is 3.42. The van der Waals surface area contributed by atoms with Crippen LogP contribution in [0.1, 0.15) is 21.5 Å². The third-order valence-electron chi connectivity index (χ3n) is 4.32. The molecule has 0 atom stereocenters. The van der Waals surface area contributed by atoms with Gasteiger partial charge >= 0.3 is 6.18 Å². The number of nitrogens with zero attached hydrogens (tertiary/aromatic N) is 1. The minimum atomic E-state index is -4.81. The van der Waals surface area contributed by atoms with Crippen LogP contribution in [0.4, 0.5) is 17.6 Å². The van der Waals surface area contributed by atoms with Gasteiger partial charge in [0.25, 0.3) is 11.5 Å². The molecule has 0 aliphatic heterocycles. The van der Waals surface area contributed by atoms with E-state index in [2.05, 4.69) is 5.32 Å². The van der Waals surface area contributed by atoms with E-state index in [1.165, 1.54) is 13.1 Å². The average Bonchev–Trinajstić information content (AvgIpc) is 2.64. The smallest absolute Gasteiger partial charge is 0.416 e. The number of aromatic hydroxyl groups is 1. The molecule has 146 valence electrons. The molecule has 0 fully saturated rings. The monoisotopic (exact) mass is 394 g/mol. The van der Waals surface area contributed by atoms with E-state index in [0.717, 1.165) is 16.7 Å². The number of rotatable bonds is 3. The maximum atomic E-state index is 13.2. The minimum Gasteiger partial charge on any atom is -0.502 e. The van der Waals surface area contributed by atoms with Crippen LogP contribution < -0.4 is 10.9 Å². The van der Waals surface area contributed by atoms with Gasteiger partial charge in [-0.15, -0.1) is 0 Å². The summed E-state index contributed by atoms with van der Waals surface area (Å²) in [7, 11) is 1.42. The molecule has 1 amide bonds. The molecule has 0 saturated heterocycles. The van der Waals surface area contributed by atoms with Gasteiger partial charge in [0.05, 0.1) is 16.6 Å². The van der Waals surface area contributed by atoms with Crippen molar-refractivity contribution in [3.8, 4) is 5.75 Å². The predicted molar refractivity (Wildman–Crippen MR) is 93.4 cm³/mol. The number of fused-ring (bicyclic) bond motifs is 1. The number of alkyl halides is 3. The highest BCUT2D eigenvalue weighted by molar-refractivity contribution is 6.08. The molecule has 28 heavy (non-hydrogen) atoms. The topological polar surface area (TPSA) is 71.3 Å². The van der Waals surface area contributed by atoms with E-state index in [4.69, 9.17) is 0 Å². The van der Waals surface area contributed by atoms with Crippen LogP contribution in [0.25, 0.3) is 10.9 Å². The van der Waals surface area contributed by atoms with Gasteiger partial charge in [0.15, 0.2) is 5.75 Å². The normalized spacial score (nSPS) is 11.6. The Morgan fingerprint density at radius 2 is 1.86 bits per heavy atom. The van der Waals surface area contributed by atoms with Gasteiger partial charge in [0.1, 0.15) is 5.82 Å². The number of aromatic nitrogens is 1. The maximum Gasteiger partial charge on any atom is 0.416 e. The van der Waals surface area contributed by atoms with Gasteiger partial charge in [-0.25, -0.2) is 4.39 Å². The first-order valence-corrected chi connectivity index (χ1v) is 8.05. The molecule has 0 aliphatic carbocycles. The van der Waals surface area contributed by atoms with Crippen molar-refractivity contribution < 1.29 is 27.5 Å². The predicted octanol–water partition coefficient (Wildman–Crippen LogP) is 3.33. The first-order valence-electron chi connectivity index (χ1n) is 8.05. The number of hydrogen-bond donors (Lipinski definition) is 2. The summed E-state index contributed by atoms with van der Waals surface area (Å²) >= 11 is 0. The van der Waals surface area contributed by atoms with E-state index in [9.17, 15) is 32.3 Å². The van der Waals surface area contributed by atoms with Gasteiger partial charge in [-0.3, -0.25) is 9.59 Å². The van der Waals surface area contributed by atoms with E-state index in [1.807, 2.05) is 0 Å². The van der Waals surface area contributed by atoms with Crippen LogP contribution in [0.5, 0.6) is 5.75 Å². The Hall–Kier alpha value is -3.36. The lowest BCUT2D eigenvalue weighted by Crippen LogP contribution is -2.28. The molecule has 9 heteroatoms. The number of para-hydroxylation sites is 1. The zero-order valence-electron chi connectivity index (χ0n) is 14.5. The molecule has 5 nitrogen and oxygen atoms in total. The molecule has 0 saturated carbocycles. The van der Waals surface area contributed by atoms with Crippen LogP contribution in [-0.4, -0.2) is 15.6 Å². The second-order valence-electron chi connectivity index (χ2n) is 6.09. The molecule has 0 bridgehead atoms. The summed E-state index contributed by atoms with van der Waals surface area (Å²) in [6.07, 6.45) is -4.81. The van der Waals surface area contributed by atoms with Crippen LogP contribution >= 0.6 is 0 Å². The van der Waals surface area contributed by atoms with Crippen molar-refractivity contribution in [3.63, 3.8) is 0 Å². The highest BCUT2D eigenvalue weighted by Gasteiger charge is 2.34. The van der Waals surface area contributed by atoms with Crippen molar-refractivity contribution in [2.45, 2.75) is 12.7 Å². The van der Waals surface area contributed by atoms with Crippen molar-refractivity contribution >= 4 is 16.8 Å². The van der Waals surface area contributed by atoms with Crippen molar-refractivity contribution in [3.05, 3.63) is 75.3 Å². The number of pyridine rings is 1. The zero-order valence-corrected chi connectivity index (χ0v) is 14.5. The molecule has 3 aromatic rings. The first kappa shape index (κ1) is 19.4. The molecule has 0 aliphatic rings. The van der Waals surface area contributed by atoms with Crippen molar-refractivity contribution in [1.29, 1.82) is 0 Å². The van der Waals surface area contributed by atoms with Crippen LogP contribution in [0, 0.1) is 5.82 Å². The fourth-order valence-electron chi connectivity index (χ4n) is 2.94. The number of halogens is 4. The Morgan fingerprint density at radius 1 is 1.18 bits per heavy atom. The zero-order chi connectivity index (χ0) is 20.6. The van der Waals surface area contributed by atoms with Gasteiger partial charge in [0.2, 0.25) is 0 Å². The molecular formula is C19H14F4N2O3. The Bertz CT molecular complexity index is 1140. The fraction of sp³-hybridized carbons (Fsp3) is 0.158. The first-order chi connectivity index (χ1) is 13.1. The number of aryl methyl sites for hydroxylation is 1. The lowest BCUT2D eigenvalue weighted by molar-refractivity contribution is -0.138. The highest BCUT2D eigenvalue weighted by atomic mass is 19.4. The Labute approximate surface area is 155 Å². The second-order valence-corrected chi connectivity index (χ2v) is 6.09. The number of benzene rings is 2. The lowest BCUT2D eigenvalue weighted by Gasteiger charge is -2.15. The van der Waals surface area contributed by atoms with Crippen LogP contribution in [0.3, 0.4) is 0 Å². The summed E-state index contributed by atoms with van der Waals surface area (Å²) in [5.74, 6) is -2.80. The highest BCUT2D eigenvalue weighted by Crippen LogP contribution is 2.32. The SMILES string of the molecule is Cn1c(=O)c(O)c(C(=O)NCc2ccc(F)cc2C(F)(F)F)c2ccccc21. The maximum absolute atomic E-state index is 13.2. The van der Waals surface area contributed by atoms with Gasteiger partial charge in [-0.1, -0.05) is 24.3 Å². The van der Waals surface area contributed by atoms with Gasteiger partial charge in [-0.2, -0.15) is 13.2 Å². The molecule has 1 aromatic heterocycles. The summed E-state index contributed by atoms with van der Waals surface area (Å²) in [6, 6.07) is 8.39. The van der Waals surface area contributed by atoms with E-state index in [0.29, 0.717) is 11.6 Å². The molecule has 0 unspecified atom stereocenters. The molecule has 2 aromatic carbocycles. The number of amides is 1. The van der Waals surface area contributed by atoms with Crippen LogP contribution in [0.2, 0.25) is 0 Å². The Kier molecular flexibility index (Phi) is 4.84. The summed E-state index contributed by atoms with van der Waals surface area (Å²) in [5.41, 5.74) is -2.36. The van der Waals surface area contributed by atoms with Crippen molar-refractivity contribution in [1.82, 2.24) is 9.88 Å². The van der Waals surface area contributed by atoms with Crippen LogP contribution in [0.15, 0.2) is 47.3 Å². The fourth-order valence-corrected chi connectivity index (χ4v) is 2.94. The average molecular weight is 394 g/mol. The summed E-state index contributed by atoms with van der Waals surface area (Å²) in [6.45, 7) is -0.572. The molecule has 2 N–H and O–H groups in total. The largest absolute Gasteiger partial charge is 0.502 e. The van der Waals surface area contributed by atoms with Crippen LogP contribution in [-0.2, 0) is 19.8 Å². The Balaban J connectivity index is 2.00. The molecular weight excluding hydrogens is 380 g/mol. The number of carbonyl (C=O) groups excluding carboxylic acids is 1. The van der Waals surface area contributed by atoms with E-state index < -0.39 is 41.3 Å². The number of nitrogens with one attached hydrogen (secondary N) is 1. The quantitative estimate of drug-likeness (QED) is 0.670. The molecule has 0 radical (unpaired) electrons. The van der Waals surface area contributed by atoms with E-state index >= 15 is 0 Å². The molecule has 3 rings (SSSR count). The van der Waals surface area contributed by atoms with Crippen molar-refractivity contribution in [2.75, 3.05) is 0 Å². The Morgan fingerprint density at radius 3 is 2.54 bits per heavy atom. The standard InChI is InChI=1S/C19H14F4N2O3/c1-25-14-5-3-2-4-12(14)15(16(26)18(25)28)17(27)24-9-10-6-7-11(20)8-13(10)19(21,22)23/h2-8,26H,9H2,1H3,(H,24,27). The van der Waals surface area contributed by atoms with E-state index in [1.54, 1.807) is 18.2 Å². The minimum absolute atomic E-state index is 0.259. The lowest BCUT2D eigenvalue weighted by atomic mass is 10.0. The summed E-state index contributed by atoms with van der Waals surface area (Å²) in [4.78, 5) is 24.7. The molecule has 1 heterocycles. The number of carbonyl (C=O) groups is 1. The van der Waals surface area contributed by atoms with Crippen molar-refractivity contribution in [2.24, 2.45) is 7.05 Å². The van der Waals surface area contributed by atoms with Gasteiger partial charge in [-0.05, 0) is 23.8 Å². The van der Waals surface area contributed by atoms with E-state index in [-0.39, 0.29) is 16.5 Å². The second kappa shape index (κ2) is 6.99. The van der Waals surface area contributed by atoms with Gasteiger partial charge in [0, 0.05) is 19.0 Å².